The van der Waals surface area contributed by atoms with Gasteiger partial charge in [0.05, 0.1) is 27.9 Å². The third-order valence-electron chi connectivity index (χ3n) is 2.51. The summed E-state index contributed by atoms with van der Waals surface area (Å²) >= 11 is 7.25. The van der Waals surface area contributed by atoms with Gasteiger partial charge in [0.2, 0.25) is 0 Å². The number of nitrogen functional groups attached to an aromatic ring is 1. The normalized spacial score (nSPS) is 27.2. The lowest BCUT2D eigenvalue weighted by molar-refractivity contribution is 0.207. The smallest absolute Gasteiger partial charge is 0.154 e. The van der Waals surface area contributed by atoms with Crippen LogP contribution in [0.2, 0.25) is 5.02 Å². The van der Waals surface area contributed by atoms with Crippen molar-refractivity contribution in [2.24, 2.45) is 0 Å². The Kier molecular flexibility index (Phi) is 3.58. The zero-order valence-corrected chi connectivity index (χ0v) is 11.2. The largest absolute Gasteiger partial charge is 0.399 e. The molecule has 7 heteroatoms. The monoisotopic (exact) mass is 293 g/mol. The van der Waals surface area contributed by atoms with Crippen molar-refractivity contribution in [3.8, 4) is 0 Å². The molecule has 0 aromatic heterocycles. The molecule has 0 amide bonds. The van der Waals surface area contributed by atoms with Crippen molar-refractivity contribution in [1.82, 2.24) is 0 Å². The van der Waals surface area contributed by atoms with E-state index in [0.29, 0.717) is 15.6 Å². The lowest BCUT2D eigenvalue weighted by Gasteiger charge is -2.13. The van der Waals surface area contributed by atoms with Gasteiger partial charge in [-0.05, 0) is 18.2 Å². The van der Waals surface area contributed by atoms with E-state index in [1.165, 1.54) is 11.8 Å². The first-order valence-electron chi connectivity index (χ1n) is 4.97. The second-order valence-electron chi connectivity index (χ2n) is 3.99. The van der Waals surface area contributed by atoms with Crippen LogP contribution in [0.5, 0.6) is 0 Å². The number of hydrogen-bond acceptors (Lipinski definition) is 5. The van der Waals surface area contributed by atoms with E-state index in [4.69, 9.17) is 17.3 Å². The van der Waals surface area contributed by atoms with Crippen LogP contribution in [0.15, 0.2) is 23.1 Å². The van der Waals surface area contributed by atoms with Gasteiger partial charge >= 0.3 is 0 Å². The minimum absolute atomic E-state index is 0.0238. The van der Waals surface area contributed by atoms with Crippen LogP contribution in [-0.4, -0.2) is 36.4 Å². The maximum atomic E-state index is 11.4. The van der Waals surface area contributed by atoms with Crippen molar-refractivity contribution in [2.75, 3.05) is 17.2 Å². The van der Waals surface area contributed by atoms with Crippen LogP contribution < -0.4 is 5.73 Å². The summed E-state index contributed by atoms with van der Waals surface area (Å²) in [6.07, 6.45) is -0.845. The molecule has 1 fully saturated rings. The minimum atomic E-state index is -3.13. The van der Waals surface area contributed by atoms with Crippen molar-refractivity contribution >= 4 is 38.9 Å². The summed E-state index contributed by atoms with van der Waals surface area (Å²) in [7, 11) is -3.13. The Labute approximate surface area is 109 Å². The van der Waals surface area contributed by atoms with E-state index in [1.54, 1.807) is 18.2 Å². The molecular weight excluding hydrogens is 282 g/mol. The molecule has 17 heavy (non-hydrogen) atoms. The topological polar surface area (TPSA) is 80.4 Å². The maximum absolute atomic E-state index is 11.4. The quantitative estimate of drug-likeness (QED) is 0.800. The van der Waals surface area contributed by atoms with Crippen LogP contribution in [0.1, 0.15) is 0 Å². The molecule has 2 unspecified atom stereocenters. The molecule has 0 bridgehead atoms. The number of nitrogens with two attached hydrogens (primary N) is 1. The number of anilines is 1. The summed E-state index contributed by atoms with van der Waals surface area (Å²) in [5, 5.41) is 9.81. The highest BCUT2D eigenvalue weighted by Gasteiger charge is 2.37. The van der Waals surface area contributed by atoms with Crippen molar-refractivity contribution in [2.45, 2.75) is 16.2 Å². The molecule has 1 saturated heterocycles. The molecule has 0 radical (unpaired) electrons. The molecule has 94 valence electrons. The van der Waals surface area contributed by atoms with Crippen LogP contribution in [0.4, 0.5) is 5.69 Å². The molecule has 0 spiro atoms. The Balaban J connectivity index is 2.19. The Morgan fingerprint density at radius 3 is 2.71 bits per heavy atom. The van der Waals surface area contributed by atoms with Crippen molar-refractivity contribution in [3.05, 3.63) is 23.2 Å². The number of benzene rings is 1. The molecule has 2 atom stereocenters. The van der Waals surface area contributed by atoms with Gasteiger partial charge in [-0.1, -0.05) is 11.6 Å². The molecule has 0 aliphatic carbocycles. The molecule has 1 aromatic rings. The minimum Gasteiger partial charge on any atom is -0.399 e. The van der Waals surface area contributed by atoms with Gasteiger partial charge in [-0.25, -0.2) is 8.42 Å². The Morgan fingerprint density at radius 2 is 2.12 bits per heavy atom. The van der Waals surface area contributed by atoms with E-state index in [1.807, 2.05) is 0 Å². The number of thioether (sulfide) groups is 1. The maximum Gasteiger partial charge on any atom is 0.154 e. The molecule has 1 aliphatic rings. The zero-order valence-electron chi connectivity index (χ0n) is 8.84. The molecule has 1 aliphatic heterocycles. The Bertz CT molecular complexity index is 532. The van der Waals surface area contributed by atoms with E-state index in [9.17, 15) is 13.5 Å². The Hall–Kier alpha value is -0.430. The average molecular weight is 294 g/mol. The van der Waals surface area contributed by atoms with Crippen LogP contribution in [0, 0.1) is 0 Å². The van der Waals surface area contributed by atoms with Gasteiger partial charge < -0.3 is 10.8 Å². The van der Waals surface area contributed by atoms with Crippen molar-refractivity contribution in [3.63, 3.8) is 0 Å². The summed E-state index contributed by atoms with van der Waals surface area (Å²) in [5.74, 6) is -0.200. The van der Waals surface area contributed by atoms with Crippen molar-refractivity contribution < 1.29 is 13.5 Å². The summed E-state index contributed by atoms with van der Waals surface area (Å²) in [5.41, 5.74) is 6.20. The van der Waals surface area contributed by atoms with Gasteiger partial charge in [0, 0.05) is 10.6 Å². The predicted octanol–water partition coefficient (Wildman–Crippen LogP) is 1.17. The zero-order chi connectivity index (χ0) is 12.6. The van der Waals surface area contributed by atoms with Crippen LogP contribution >= 0.6 is 23.4 Å². The fourth-order valence-electron chi connectivity index (χ4n) is 1.68. The van der Waals surface area contributed by atoms with E-state index < -0.39 is 15.9 Å². The molecule has 3 N–H and O–H groups in total. The van der Waals surface area contributed by atoms with Gasteiger partial charge in [0.25, 0.3) is 0 Å². The molecular formula is C10H12ClNO3S2. The molecule has 4 nitrogen and oxygen atoms in total. The summed E-state index contributed by atoms with van der Waals surface area (Å²) < 4.78 is 22.7. The summed E-state index contributed by atoms with van der Waals surface area (Å²) in [6, 6.07) is 5.02. The van der Waals surface area contributed by atoms with Crippen LogP contribution in [0.25, 0.3) is 0 Å². The first kappa shape index (κ1) is 13.0. The van der Waals surface area contributed by atoms with Gasteiger partial charge in [0.15, 0.2) is 9.84 Å². The summed E-state index contributed by atoms with van der Waals surface area (Å²) in [6.45, 7) is 0. The lowest BCUT2D eigenvalue weighted by atomic mass is 10.3. The third kappa shape index (κ3) is 3.07. The van der Waals surface area contributed by atoms with Crippen LogP contribution in [0.3, 0.4) is 0 Å². The van der Waals surface area contributed by atoms with E-state index in [0.717, 1.165) is 0 Å². The highest BCUT2D eigenvalue weighted by molar-refractivity contribution is 8.02. The van der Waals surface area contributed by atoms with E-state index in [2.05, 4.69) is 0 Å². The summed E-state index contributed by atoms with van der Waals surface area (Å²) in [4.78, 5) is 0.702. The van der Waals surface area contributed by atoms with Gasteiger partial charge in [-0.3, -0.25) is 0 Å². The fraction of sp³-hybridized carbons (Fsp3) is 0.400. The number of halogens is 1. The molecule has 1 heterocycles. The van der Waals surface area contributed by atoms with Gasteiger partial charge in [0.1, 0.15) is 0 Å². The molecule has 0 saturated carbocycles. The van der Waals surface area contributed by atoms with Crippen molar-refractivity contribution in [1.29, 1.82) is 0 Å². The first-order valence-corrected chi connectivity index (χ1v) is 8.05. The number of rotatable bonds is 2. The second-order valence-corrected chi connectivity index (χ2v) is 7.83. The number of aliphatic hydroxyl groups is 1. The third-order valence-corrected chi connectivity index (χ3v) is 6.25. The number of aliphatic hydroxyl groups excluding tert-OH is 1. The van der Waals surface area contributed by atoms with Crippen LogP contribution in [-0.2, 0) is 9.84 Å². The molecule has 1 aromatic carbocycles. The SMILES string of the molecule is Nc1ccc(Cl)c(SC2CS(=O)(=O)CC2O)c1. The Morgan fingerprint density at radius 1 is 1.41 bits per heavy atom. The molecule has 2 rings (SSSR count). The first-order chi connectivity index (χ1) is 7.87. The predicted molar refractivity (Wildman–Crippen MR) is 70.2 cm³/mol. The number of hydrogen-bond donors (Lipinski definition) is 2. The average Bonchev–Trinajstić information content (AvgIpc) is 2.46. The standard InChI is InChI=1S/C10H12ClNO3S2/c11-7-2-1-6(12)3-9(7)16-10-5-17(14,15)4-8(10)13/h1-3,8,10,13H,4-5,12H2. The lowest BCUT2D eigenvalue weighted by Crippen LogP contribution is -2.19. The van der Waals surface area contributed by atoms with Gasteiger partial charge in [-0.15, -0.1) is 11.8 Å². The van der Waals surface area contributed by atoms with E-state index in [-0.39, 0.29) is 16.8 Å². The second kappa shape index (κ2) is 4.68. The number of sulfone groups is 1. The van der Waals surface area contributed by atoms with Gasteiger partial charge in [-0.2, -0.15) is 0 Å². The highest BCUT2D eigenvalue weighted by atomic mass is 35.5. The highest BCUT2D eigenvalue weighted by Crippen LogP contribution is 2.36. The fourth-order valence-corrected chi connectivity index (χ4v) is 5.53. The van der Waals surface area contributed by atoms with E-state index >= 15 is 0 Å².